The highest BCUT2D eigenvalue weighted by atomic mass is 35.5. The maximum absolute atomic E-state index is 12.8. The molecule has 3 aromatic rings. The average Bonchev–Trinajstić information content (AvgIpc) is 2.64. The third-order valence-corrected chi connectivity index (χ3v) is 5.50. The Kier molecular flexibility index (Phi) is 4.36. The second kappa shape index (κ2) is 6.71. The Labute approximate surface area is 162 Å². The van der Waals surface area contributed by atoms with Crippen LogP contribution >= 0.6 is 11.6 Å². The molecule has 0 aliphatic carbocycles. The highest BCUT2D eigenvalue weighted by Gasteiger charge is 2.49. The van der Waals surface area contributed by atoms with Gasteiger partial charge < -0.3 is 10.6 Å². The molecular formula is C22H19ClN2O2. The summed E-state index contributed by atoms with van der Waals surface area (Å²) < 4.78 is 0. The van der Waals surface area contributed by atoms with E-state index in [0.29, 0.717) is 30.1 Å². The van der Waals surface area contributed by atoms with Crippen molar-refractivity contribution < 1.29 is 9.59 Å². The van der Waals surface area contributed by atoms with Gasteiger partial charge in [0, 0.05) is 23.7 Å². The summed E-state index contributed by atoms with van der Waals surface area (Å²) >= 11 is 5.92. The summed E-state index contributed by atoms with van der Waals surface area (Å²) in [6, 6.07) is 20.9. The molecule has 136 valence electrons. The van der Waals surface area contributed by atoms with E-state index in [0.717, 1.165) is 16.3 Å². The van der Waals surface area contributed by atoms with E-state index < -0.39 is 5.41 Å². The van der Waals surface area contributed by atoms with Crippen LogP contribution in [-0.2, 0) is 11.2 Å². The first kappa shape index (κ1) is 17.6. The minimum absolute atomic E-state index is 0.0752. The second-order valence-corrected chi connectivity index (χ2v) is 7.61. The van der Waals surface area contributed by atoms with Gasteiger partial charge in [-0.3, -0.25) is 9.59 Å². The van der Waals surface area contributed by atoms with Crippen LogP contribution in [0.25, 0.3) is 10.8 Å². The molecule has 0 spiro atoms. The lowest BCUT2D eigenvalue weighted by atomic mass is 9.74. The number of benzene rings is 3. The van der Waals surface area contributed by atoms with Crippen molar-refractivity contribution >= 4 is 34.2 Å². The summed E-state index contributed by atoms with van der Waals surface area (Å²) in [7, 11) is 0. The van der Waals surface area contributed by atoms with Crippen molar-refractivity contribution in [3.8, 4) is 0 Å². The first-order valence-electron chi connectivity index (χ1n) is 8.79. The second-order valence-electron chi connectivity index (χ2n) is 7.17. The summed E-state index contributed by atoms with van der Waals surface area (Å²) in [6.07, 6.45) is 0.501. The Hall–Kier alpha value is -2.85. The molecule has 0 aromatic heterocycles. The summed E-state index contributed by atoms with van der Waals surface area (Å²) in [4.78, 5) is 26.6. The van der Waals surface area contributed by atoms with E-state index >= 15 is 0 Å². The van der Waals surface area contributed by atoms with E-state index in [9.17, 15) is 9.59 Å². The standard InChI is InChI=1S/C22H19ClN2O2/c23-19-9-5-15(6-10-19)12-22(21(24)27)13-25(14-22)20(26)18-8-7-16-3-1-2-4-17(16)11-18/h1-11H,12-14H2,(H2,24,27). The van der Waals surface area contributed by atoms with Crippen molar-refractivity contribution in [2.45, 2.75) is 6.42 Å². The molecule has 1 aliphatic heterocycles. The highest BCUT2D eigenvalue weighted by molar-refractivity contribution is 6.30. The predicted molar refractivity (Wildman–Crippen MR) is 107 cm³/mol. The van der Waals surface area contributed by atoms with Gasteiger partial charge in [-0.15, -0.1) is 0 Å². The number of amides is 2. The summed E-state index contributed by atoms with van der Waals surface area (Å²) in [5.74, 6) is -0.450. The molecule has 0 bridgehead atoms. The predicted octanol–water partition coefficient (Wildman–Crippen LogP) is 3.66. The zero-order chi connectivity index (χ0) is 19.0. The first-order chi connectivity index (χ1) is 13.0. The molecule has 4 rings (SSSR count). The number of nitrogens with two attached hydrogens (primary N) is 1. The highest BCUT2D eigenvalue weighted by Crippen LogP contribution is 2.35. The molecule has 2 amide bonds. The summed E-state index contributed by atoms with van der Waals surface area (Å²) in [6.45, 7) is 0.660. The number of carbonyl (C=O) groups excluding carboxylic acids is 2. The van der Waals surface area contributed by atoms with E-state index in [1.165, 1.54) is 0 Å². The van der Waals surface area contributed by atoms with Gasteiger partial charge in [-0.2, -0.15) is 0 Å². The van der Waals surface area contributed by atoms with Gasteiger partial charge in [0.2, 0.25) is 5.91 Å². The minimum Gasteiger partial charge on any atom is -0.369 e. The van der Waals surface area contributed by atoms with E-state index in [-0.39, 0.29) is 11.8 Å². The molecule has 1 fully saturated rings. The number of fused-ring (bicyclic) bond motifs is 1. The van der Waals surface area contributed by atoms with Gasteiger partial charge in [0.15, 0.2) is 0 Å². The normalized spacial score (nSPS) is 15.4. The quantitative estimate of drug-likeness (QED) is 0.753. The van der Waals surface area contributed by atoms with Crippen molar-refractivity contribution in [1.82, 2.24) is 4.90 Å². The van der Waals surface area contributed by atoms with E-state index in [1.807, 2.05) is 54.6 Å². The van der Waals surface area contributed by atoms with Gasteiger partial charge in [-0.25, -0.2) is 0 Å². The molecule has 3 aromatic carbocycles. The number of hydrogen-bond donors (Lipinski definition) is 1. The van der Waals surface area contributed by atoms with Gasteiger partial charge in [0.1, 0.15) is 0 Å². The van der Waals surface area contributed by atoms with E-state index in [2.05, 4.69) is 0 Å². The van der Waals surface area contributed by atoms with Crippen LogP contribution in [0.1, 0.15) is 15.9 Å². The Morgan fingerprint density at radius 1 is 0.963 bits per heavy atom. The molecule has 1 aliphatic rings. The van der Waals surface area contributed by atoms with Crippen LogP contribution in [0.3, 0.4) is 0 Å². The lowest BCUT2D eigenvalue weighted by molar-refractivity contribution is -0.135. The number of halogens is 1. The van der Waals surface area contributed by atoms with Crippen LogP contribution in [0.15, 0.2) is 66.7 Å². The zero-order valence-corrected chi connectivity index (χ0v) is 15.4. The lowest BCUT2D eigenvalue weighted by Gasteiger charge is -2.48. The van der Waals surface area contributed by atoms with Crippen molar-refractivity contribution in [2.75, 3.05) is 13.1 Å². The van der Waals surface area contributed by atoms with Crippen molar-refractivity contribution in [1.29, 1.82) is 0 Å². The summed E-state index contributed by atoms with van der Waals surface area (Å²) in [5, 5.41) is 2.76. The zero-order valence-electron chi connectivity index (χ0n) is 14.7. The van der Waals surface area contributed by atoms with Crippen LogP contribution in [-0.4, -0.2) is 29.8 Å². The average molecular weight is 379 g/mol. The van der Waals surface area contributed by atoms with Crippen molar-refractivity contribution in [2.24, 2.45) is 11.1 Å². The molecule has 27 heavy (non-hydrogen) atoms. The molecule has 0 radical (unpaired) electrons. The van der Waals surface area contributed by atoms with Gasteiger partial charge in [-0.1, -0.05) is 54.1 Å². The lowest BCUT2D eigenvalue weighted by Crippen LogP contribution is -2.64. The number of carbonyl (C=O) groups is 2. The monoisotopic (exact) mass is 378 g/mol. The fraction of sp³-hybridized carbons (Fsp3) is 0.182. The molecule has 0 atom stereocenters. The smallest absolute Gasteiger partial charge is 0.253 e. The SMILES string of the molecule is NC(=O)C1(Cc2ccc(Cl)cc2)CN(C(=O)c2ccc3ccccc3c2)C1. The van der Waals surface area contributed by atoms with Crippen LogP contribution < -0.4 is 5.73 Å². The first-order valence-corrected chi connectivity index (χ1v) is 9.17. The third-order valence-electron chi connectivity index (χ3n) is 5.25. The van der Waals surface area contributed by atoms with Gasteiger partial charge in [0.05, 0.1) is 5.41 Å². The van der Waals surface area contributed by atoms with Crippen LogP contribution in [0, 0.1) is 5.41 Å². The van der Waals surface area contributed by atoms with Crippen LogP contribution in [0.5, 0.6) is 0 Å². The Bertz CT molecular complexity index is 1020. The molecule has 1 heterocycles. The van der Waals surface area contributed by atoms with Crippen molar-refractivity contribution in [3.63, 3.8) is 0 Å². The van der Waals surface area contributed by atoms with Gasteiger partial charge in [-0.05, 0) is 47.0 Å². The Balaban J connectivity index is 1.51. The van der Waals surface area contributed by atoms with E-state index in [4.69, 9.17) is 17.3 Å². The molecule has 0 unspecified atom stereocenters. The molecule has 0 saturated carbocycles. The number of likely N-dealkylation sites (tertiary alicyclic amines) is 1. The number of rotatable bonds is 4. The molecule has 2 N–H and O–H groups in total. The molecule has 5 heteroatoms. The van der Waals surface area contributed by atoms with Crippen LogP contribution in [0.2, 0.25) is 5.02 Å². The Morgan fingerprint density at radius 3 is 2.30 bits per heavy atom. The fourth-order valence-electron chi connectivity index (χ4n) is 3.68. The minimum atomic E-state index is -0.722. The van der Waals surface area contributed by atoms with E-state index in [1.54, 1.807) is 17.0 Å². The summed E-state index contributed by atoms with van der Waals surface area (Å²) in [5.41, 5.74) is 6.57. The number of nitrogens with zero attached hydrogens (tertiary/aromatic N) is 1. The van der Waals surface area contributed by atoms with Crippen LogP contribution in [0.4, 0.5) is 0 Å². The maximum atomic E-state index is 12.8. The number of primary amides is 1. The van der Waals surface area contributed by atoms with Gasteiger partial charge >= 0.3 is 0 Å². The largest absolute Gasteiger partial charge is 0.369 e. The topological polar surface area (TPSA) is 63.4 Å². The van der Waals surface area contributed by atoms with Crippen molar-refractivity contribution in [3.05, 3.63) is 82.9 Å². The number of hydrogen-bond acceptors (Lipinski definition) is 2. The fourth-order valence-corrected chi connectivity index (χ4v) is 3.81. The van der Waals surface area contributed by atoms with Gasteiger partial charge in [0.25, 0.3) is 5.91 Å². The third kappa shape index (κ3) is 3.28. The molecular weight excluding hydrogens is 360 g/mol. The molecule has 4 nitrogen and oxygen atoms in total. The molecule has 1 saturated heterocycles. The maximum Gasteiger partial charge on any atom is 0.253 e. The Morgan fingerprint density at radius 2 is 1.63 bits per heavy atom.